The van der Waals surface area contributed by atoms with Crippen molar-refractivity contribution in [3.63, 3.8) is 0 Å². The molecule has 2 rings (SSSR count). The molecule has 1 saturated heterocycles. The highest BCUT2D eigenvalue weighted by Crippen LogP contribution is 2.29. The van der Waals surface area contributed by atoms with Gasteiger partial charge in [0.05, 0.1) is 0 Å². The SMILES string of the molecule is CCC(CC)(CS)CN1CCN(c2ncccn2)CC1. The predicted molar refractivity (Wildman–Crippen MR) is 87.6 cm³/mol. The van der Waals surface area contributed by atoms with Crippen LogP contribution in [0, 0.1) is 5.41 Å². The van der Waals surface area contributed by atoms with Crippen LogP contribution in [-0.4, -0.2) is 53.3 Å². The lowest BCUT2D eigenvalue weighted by atomic mass is 9.83. The Labute approximate surface area is 128 Å². The van der Waals surface area contributed by atoms with Crippen LogP contribution in [0.25, 0.3) is 0 Å². The van der Waals surface area contributed by atoms with Crippen LogP contribution in [0.5, 0.6) is 0 Å². The fraction of sp³-hybridized carbons (Fsp3) is 0.733. The average Bonchev–Trinajstić information content (AvgIpc) is 2.54. The summed E-state index contributed by atoms with van der Waals surface area (Å²) >= 11 is 4.58. The molecular weight excluding hydrogens is 268 g/mol. The van der Waals surface area contributed by atoms with Crippen LogP contribution < -0.4 is 4.90 Å². The molecule has 0 bridgehead atoms. The lowest BCUT2D eigenvalue weighted by Gasteiger charge is -2.40. The maximum absolute atomic E-state index is 4.58. The van der Waals surface area contributed by atoms with Crippen molar-refractivity contribution in [3.05, 3.63) is 18.5 Å². The fourth-order valence-electron chi connectivity index (χ4n) is 2.78. The van der Waals surface area contributed by atoms with E-state index >= 15 is 0 Å². The van der Waals surface area contributed by atoms with E-state index in [-0.39, 0.29) is 0 Å². The first-order valence-electron chi connectivity index (χ1n) is 7.58. The molecule has 0 saturated carbocycles. The summed E-state index contributed by atoms with van der Waals surface area (Å²) in [5.74, 6) is 1.83. The molecule has 0 aliphatic carbocycles. The first-order chi connectivity index (χ1) is 9.73. The van der Waals surface area contributed by atoms with Crippen LogP contribution in [0.3, 0.4) is 0 Å². The summed E-state index contributed by atoms with van der Waals surface area (Å²) in [7, 11) is 0. The first-order valence-corrected chi connectivity index (χ1v) is 8.21. The minimum atomic E-state index is 0.370. The Balaban J connectivity index is 1.88. The van der Waals surface area contributed by atoms with Crippen molar-refractivity contribution in [3.8, 4) is 0 Å². The van der Waals surface area contributed by atoms with Crippen molar-refractivity contribution in [2.24, 2.45) is 5.41 Å². The van der Waals surface area contributed by atoms with Crippen LogP contribution in [0.4, 0.5) is 5.95 Å². The summed E-state index contributed by atoms with van der Waals surface area (Å²) in [5, 5.41) is 0. The van der Waals surface area contributed by atoms with Gasteiger partial charge in [-0.1, -0.05) is 13.8 Å². The minimum absolute atomic E-state index is 0.370. The molecule has 0 atom stereocenters. The normalized spacial score (nSPS) is 17.4. The highest BCUT2D eigenvalue weighted by Gasteiger charge is 2.29. The van der Waals surface area contributed by atoms with E-state index in [1.165, 1.54) is 12.8 Å². The molecule has 4 nitrogen and oxygen atoms in total. The van der Waals surface area contributed by atoms with Gasteiger partial charge < -0.3 is 4.90 Å². The molecule has 1 aliphatic rings. The zero-order chi connectivity index (χ0) is 14.4. The van der Waals surface area contributed by atoms with Gasteiger partial charge in [-0.15, -0.1) is 0 Å². The molecular formula is C15H26N4S. The van der Waals surface area contributed by atoms with Gasteiger partial charge in [0, 0.05) is 45.1 Å². The van der Waals surface area contributed by atoms with Gasteiger partial charge in [0.25, 0.3) is 0 Å². The molecule has 20 heavy (non-hydrogen) atoms. The maximum atomic E-state index is 4.58. The summed E-state index contributed by atoms with van der Waals surface area (Å²) in [6, 6.07) is 1.86. The standard InChI is InChI=1S/C15H26N4S/c1-3-15(4-2,13-20)12-18-8-10-19(11-9-18)14-16-6-5-7-17-14/h5-7,20H,3-4,8-13H2,1-2H3. The molecule has 1 fully saturated rings. The molecule has 5 heteroatoms. The molecule has 0 radical (unpaired) electrons. The lowest BCUT2D eigenvalue weighted by Crippen LogP contribution is -2.50. The first kappa shape index (κ1) is 15.6. The largest absolute Gasteiger partial charge is 0.338 e. The van der Waals surface area contributed by atoms with E-state index < -0.39 is 0 Å². The van der Waals surface area contributed by atoms with E-state index in [1.54, 1.807) is 0 Å². The van der Waals surface area contributed by atoms with Crippen molar-refractivity contribution in [1.29, 1.82) is 0 Å². The number of piperazine rings is 1. The van der Waals surface area contributed by atoms with Gasteiger partial charge in [0.2, 0.25) is 5.95 Å². The van der Waals surface area contributed by atoms with Crippen LogP contribution >= 0.6 is 12.6 Å². The Morgan fingerprint density at radius 1 is 1.10 bits per heavy atom. The molecule has 0 aromatic carbocycles. The summed E-state index contributed by atoms with van der Waals surface area (Å²) < 4.78 is 0. The zero-order valence-corrected chi connectivity index (χ0v) is 13.5. The summed E-state index contributed by atoms with van der Waals surface area (Å²) in [4.78, 5) is 13.5. The number of anilines is 1. The number of hydrogen-bond acceptors (Lipinski definition) is 5. The highest BCUT2D eigenvalue weighted by molar-refractivity contribution is 7.80. The van der Waals surface area contributed by atoms with Gasteiger partial charge in [0.15, 0.2) is 0 Å². The van der Waals surface area contributed by atoms with E-state index in [1.807, 2.05) is 18.5 Å². The van der Waals surface area contributed by atoms with Gasteiger partial charge in [0.1, 0.15) is 0 Å². The number of rotatable bonds is 6. The highest BCUT2D eigenvalue weighted by atomic mass is 32.1. The van der Waals surface area contributed by atoms with E-state index in [0.717, 1.165) is 44.4 Å². The molecule has 112 valence electrons. The molecule has 0 N–H and O–H groups in total. The molecule has 0 amide bonds. The van der Waals surface area contributed by atoms with Crippen molar-refractivity contribution < 1.29 is 0 Å². The Bertz CT molecular complexity index is 378. The smallest absolute Gasteiger partial charge is 0.225 e. The second-order valence-electron chi connectivity index (χ2n) is 5.68. The van der Waals surface area contributed by atoms with Crippen LogP contribution in [0.2, 0.25) is 0 Å². The summed E-state index contributed by atoms with van der Waals surface area (Å²) in [5.41, 5.74) is 0.370. The third-order valence-corrected chi connectivity index (χ3v) is 5.27. The molecule has 0 unspecified atom stereocenters. The monoisotopic (exact) mass is 294 g/mol. The lowest BCUT2D eigenvalue weighted by molar-refractivity contribution is 0.151. The Morgan fingerprint density at radius 2 is 1.70 bits per heavy atom. The van der Waals surface area contributed by atoms with Gasteiger partial charge in [-0.05, 0) is 30.1 Å². The van der Waals surface area contributed by atoms with Crippen molar-refractivity contribution in [2.75, 3.05) is 43.4 Å². The van der Waals surface area contributed by atoms with Gasteiger partial charge in [-0.2, -0.15) is 12.6 Å². The van der Waals surface area contributed by atoms with E-state index in [0.29, 0.717) is 5.41 Å². The number of thiol groups is 1. The van der Waals surface area contributed by atoms with Crippen molar-refractivity contribution in [2.45, 2.75) is 26.7 Å². The quantitative estimate of drug-likeness (QED) is 0.816. The second kappa shape index (κ2) is 7.27. The van der Waals surface area contributed by atoms with Gasteiger partial charge >= 0.3 is 0 Å². The maximum Gasteiger partial charge on any atom is 0.225 e. The number of hydrogen-bond donors (Lipinski definition) is 1. The Kier molecular flexibility index (Phi) is 5.66. The Morgan fingerprint density at radius 3 is 2.20 bits per heavy atom. The van der Waals surface area contributed by atoms with E-state index in [4.69, 9.17) is 0 Å². The fourth-order valence-corrected chi connectivity index (χ4v) is 3.33. The van der Waals surface area contributed by atoms with Crippen LogP contribution in [-0.2, 0) is 0 Å². The molecule has 1 aliphatic heterocycles. The average molecular weight is 294 g/mol. The Hall–Kier alpha value is -0.810. The topological polar surface area (TPSA) is 32.3 Å². The second-order valence-corrected chi connectivity index (χ2v) is 5.99. The third kappa shape index (κ3) is 3.64. The van der Waals surface area contributed by atoms with E-state index in [9.17, 15) is 0 Å². The summed E-state index contributed by atoms with van der Waals surface area (Å²) in [6.45, 7) is 9.94. The van der Waals surface area contributed by atoms with Gasteiger partial charge in [-0.25, -0.2) is 9.97 Å². The molecule has 0 spiro atoms. The third-order valence-electron chi connectivity index (χ3n) is 4.60. The van der Waals surface area contributed by atoms with Crippen LogP contribution in [0.1, 0.15) is 26.7 Å². The zero-order valence-electron chi connectivity index (χ0n) is 12.6. The molecule has 1 aromatic heterocycles. The van der Waals surface area contributed by atoms with Crippen molar-refractivity contribution >= 4 is 18.6 Å². The number of nitrogens with zero attached hydrogens (tertiary/aromatic N) is 4. The molecule has 1 aromatic rings. The van der Waals surface area contributed by atoms with E-state index in [2.05, 4.69) is 46.2 Å². The minimum Gasteiger partial charge on any atom is -0.338 e. The predicted octanol–water partition coefficient (Wildman–Crippen LogP) is 2.33. The molecule has 2 heterocycles. The number of aromatic nitrogens is 2. The van der Waals surface area contributed by atoms with Crippen molar-refractivity contribution in [1.82, 2.24) is 14.9 Å². The van der Waals surface area contributed by atoms with Gasteiger partial charge in [-0.3, -0.25) is 4.90 Å². The van der Waals surface area contributed by atoms with Crippen LogP contribution in [0.15, 0.2) is 18.5 Å². The summed E-state index contributed by atoms with van der Waals surface area (Å²) in [6.07, 6.45) is 6.04.